The number of rotatable bonds is 3. The first-order valence-electron chi connectivity index (χ1n) is 8.90. The quantitative estimate of drug-likeness (QED) is 0.551. The summed E-state index contributed by atoms with van der Waals surface area (Å²) in [5, 5.41) is 10.2. The molecular formula is C22H17BrFNO3. The fourth-order valence-corrected chi connectivity index (χ4v) is 4.10. The molecule has 0 amide bonds. The second kappa shape index (κ2) is 7.36. The van der Waals surface area contributed by atoms with E-state index in [2.05, 4.69) is 15.9 Å². The van der Waals surface area contributed by atoms with Crippen molar-refractivity contribution in [2.75, 3.05) is 6.61 Å². The number of benzene rings is 3. The lowest BCUT2D eigenvalue weighted by molar-refractivity contribution is -0.146. The molecule has 3 aromatic carbocycles. The van der Waals surface area contributed by atoms with Crippen LogP contribution in [-0.2, 0) is 9.53 Å². The van der Waals surface area contributed by atoms with Crippen LogP contribution in [0.5, 0.6) is 5.75 Å². The van der Waals surface area contributed by atoms with Crippen molar-refractivity contribution in [3.05, 3.63) is 76.0 Å². The van der Waals surface area contributed by atoms with Gasteiger partial charge >= 0.3 is 5.97 Å². The molecule has 0 saturated carbocycles. The van der Waals surface area contributed by atoms with Crippen LogP contribution in [0.15, 0.2) is 59.1 Å². The van der Waals surface area contributed by atoms with Crippen LogP contribution in [0.2, 0.25) is 0 Å². The lowest BCUT2D eigenvalue weighted by Crippen LogP contribution is -2.38. The molecule has 0 radical (unpaired) electrons. The first kappa shape index (κ1) is 18.6. The molecule has 2 unspecified atom stereocenters. The molecule has 1 aliphatic rings. The lowest BCUT2D eigenvalue weighted by Gasteiger charge is -2.33. The van der Waals surface area contributed by atoms with Gasteiger partial charge in [-0.1, -0.05) is 40.2 Å². The second-order valence-electron chi connectivity index (χ2n) is 6.57. The minimum Gasteiger partial charge on any atom is -0.465 e. The van der Waals surface area contributed by atoms with Crippen LogP contribution >= 0.6 is 15.9 Å². The Morgan fingerprint density at radius 2 is 1.93 bits per heavy atom. The van der Waals surface area contributed by atoms with E-state index in [0.29, 0.717) is 5.75 Å². The van der Waals surface area contributed by atoms with E-state index in [0.717, 1.165) is 26.4 Å². The monoisotopic (exact) mass is 441 g/mol. The van der Waals surface area contributed by atoms with E-state index < -0.39 is 17.8 Å². The SMILES string of the molecule is CCOC(=O)C1C(=N)Oc2ccc3cc(Br)ccc3c2C1c1ccc(F)cc1. The maximum absolute atomic E-state index is 13.5. The number of esters is 1. The van der Waals surface area contributed by atoms with E-state index in [1.54, 1.807) is 25.1 Å². The van der Waals surface area contributed by atoms with Gasteiger partial charge in [0.05, 0.1) is 6.61 Å². The van der Waals surface area contributed by atoms with Gasteiger partial charge in [0.15, 0.2) is 0 Å². The van der Waals surface area contributed by atoms with Crippen molar-refractivity contribution in [3.8, 4) is 5.75 Å². The summed E-state index contributed by atoms with van der Waals surface area (Å²) in [6, 6.07) is 15.6. The van der Waals surface area contributed by atoms with Crippen LogP contribution < -0.4 is 4.74 Å². The standard InChI is InChI=1S/C22H17BrFNO3/c1-2-27-22(26)20-18(12-3-7-15(24)8-4-12)19-16-9-6-14(23)11-13(16)5-10-17(19)28-21(20)25/h3-11,18,20,25H,2H2,1H3. The highest BCUT2D eigenvalue weighted by atomic mass is 79.9. The van der Waals surface area contributed by atoms with Crippen LogP contribution in [0.25, 0.3) is 10.8 Å². The molecule has 0 aromatic heterocycles. The Labute approximate surface area is 169 Å². The average Bonchev–Trinajstić information content (AvgIpc) is 2.67. The third-order valence-electron chi connectivity index (χ3n) is 4.90. The summed E-state index contributed by atoms with van der Waals surface area (Å²) in [4.78, 5) is 12.7. The zero-order valence-electron chi connectivity index (χ0n) is 15.0. The van der Waals surface area contributed by atoms with Crippen LogP contribution in [0.1, 0.15) is 24.0 Å². The lowest BCUT2D eigenvalue weighted by atomic mass is 9.76. The van der Waals surface area contributed by atoms with Gasteiger partial charge in [-0.2, -0.15) is 0 Å². The Morgan fingerprint density at radius 3 is 2.64 bits per heavy atom. The number of nitrogens with one attached hydrogen (secondary N) is 1. The highest BCUT2D eigenvalue weighted by Gasteiger charge is 2.43. The smallest absolute Gasteiger partial charge is 0.319 e. The topological polar surface area (TPSA) is 59.4 Å². The molecule has 0 fully saturated rings. The Balaban J connectivity index is 1.99. The molecule has 142 valence electrons. The molecule has 2 atom stereocenters. The van der Waals surface area contributed by atoms with Gasteiger partial charge in [-0.25, -0.2) is 4.39 Å². The zero-order chi connectivity index (χ0) is 19.8. The summed E-state index contributed by atoms with van der Waals surface area (Å²) in [7, 11) is 0. The number of hydrogen-bond donors (Lipinski definition) is 1. The third-order valence-corrected chi connectivity index (χ3v) is 5.39. The molecule has 4 nitrogen and oxygen atoms in total. The largest absolute Gasteiger partial charge is 0.465 e. The van der Waals surface area contributed by atoms with Gasteiger partial charge in [0.1, 0.15) is 17.5 Å². The van der Waals surface area contributed by atoms with Crippen LogP contribution in [0.3, 0.4) is 0 Å². The normalized spacial score (nSPS) is 18.5. The molecule has 6 heteroatoms. The van der Waals surface area contributed by atoms with E-state index in [4.69, 9.17) is 14.9 Å². The molecular weight excluding hydrogens is 425 g/mol. The van der Waals surface area contributed by atoms with Crippen molar-refractivity contribution in [1.29, 1.82) is 5.41 Å². The number of hydrogen-bond acceptors (Lipinski definition) is 4. The minimum atomic E-state index is -0.938. The van der Waals surface area contributed by atoms with Crippen LogP contribution in [0.4, 0.5) is 4.39 Å². The predicted molar refractivity (Wildman–Crippen MR) is 108 cm³/mol. The summed E-state index contributed by atoms with van der Waals surface area (Å²) >= 11 is 3.48. The van der Waals surface area contributed by atoms with E-state index in [-0.39, 0.29) is 18.3 Å². The van der Waals surface area contributed by atoms with Crippen LogP contribution in [-0.4, -0.2) is 18.5 Å². The molecule has 3 aromatic rings. The van der Waals surface area contributed by atoms with Gasteiger partial charge in [0.25, 0.3) is 0 Å². The Hall–Kier alpha value is -2.73. The van der Waals surface area contributed by atoms with E-state index >= 15 is 0 Å². The van der Waals surface area contributed by atoms with Gasteiger partial charge in [0.2, 0.25) is 5.90 Å². The van der Waals surface area contributed by atoms with E-state index in [9.17, 15) is 9.18 Å². The van der Waals surface area contributed by atoms with E-state index in [1.165, 1.54) is 12.1 Å². The first-order valence-corrected chi connectivity index (χ1v) is 9.69. The van der Waals surface area contributed by atoms with Crippen LogP contribution in [0, 0.1) is 17.1 Å². The number of ether oxygens (including phenoxy) is 2. The molecule has 1 N–H and O–H groups in total. The third kappa shape index (κ3) is 3.18. The number of carbonyl (C=O) groups is 1. The average molecular weight is 442 g/mol. The summed E-state index contributed by atoms with van der Waals surface area (Å²) in [5.41, 5.74) is 1.52. The van der Waals surface area contributed by atoms with Crippen molar-refractivity contribution in [3.63, 3.8) is 0 Å². The van der Waals surface area contributed by atoms with Crippen molar-refractivity contribution in [2.45, 2.75) is 12.8 Å². The van der Waals surface area contributed by atoms with Gasteiger partial charge in [-0.3, -0.25) is 10.2 Å². The predicted octanol–water partition coefficient (Wildman–Crippen LogP) is 5.42. The van der Waals surface area contributed by atoms with Crippen molar-refractivity contribution < 1.29 is 18.7 Å². The number of fused-ring (bicyclic) bond motifs is 3. The Kier molecular flexibility index (Phi) is 4.89. The molecule has 0 spiro atoms. The van der Waals surface area contributed by atoms with Gasteiger partial charge in [-0.15, -0.1) is 0 Å². The fraction of sp³-hybridized carbons (Fsp3) is 0.182. The maximum atomic E-state index is 13.5. The highest BCUT2D eigenvalue weighted by molar-refractivity contribution is 9.10. The number of halogens is 2. The Morgan fingerprint density at radius 1 is 1.18 bits per heavy atom. The zero-order valence-corrected chi connectivity index (χ0v) is 16.6. The van der Waals surface area contributed by atoms with Crippen molar-refractivity contribution in [2.24, 2.45) is 5.92 Å². The highest BCUT2D eigenvalue weighted by Crippen LogP contribution is 2.46. The van der Waals surface area contributed by atoms with Gasteiger partial charge in [-0.05, 0) is 53.6 Å². The molecule has 0 aliphatic carbocycles. The molecule has 28 heavy (non-hydrogen) atoms. The molecule has 1 heterocycles. The summed E-state index contributed by atoms with van der Waals surface area (Å²) in [5.74, 6) is -1.98. The van der Waals surface area contributed by atoms with Gasteiger partial charge < -0.3 is 9.47 Å². The second-order valence-corrected chi connectivity index (χ2v) is 7.48. The van der Waals surface area contributed by atoms with Crippen molar-refractivity contribution in [1.82, 2.24) is 0 Å². The van der Waals surface area contributed by atoms with E-state index in [1.807, 2.05) is 24.3 Å². The van der Waals surface area contributed by atoms with Crippen molar-refractivity contribution >= 4 is 38.6 Å². The molecule has 0 bridgehead atoms. The number of carbonyl (C=O) groups excluding carboxylic acids is 1. The summed E-state index contributed by atoms with van der Waals surface area (Å²) < 4.78 is 25.4. The maximum Gasteiger partial charge on any atom is 0.319 e. The summed E-state index contributed by atoms with van der Waals surface area (Å²) in [6.45, 7) is 1.92. The molecule has 1 aliphatic heterocycles. The molecule has 4 rings (SSSR count). The minimum absolute atomic E-state index is 0.170. The fourth-order valence-electron chi connectivity index (χ4n) is 3.72. The summed E-state index contributed by atoms with van der Waals surface area (Å²) in [6.07, 6.45) is 0. The van der Waals surface area contributed by atoms with Gasteiger partial charge in [0, 0.05) is 16.0 Å². The first-order chi connectivity index (χ1) is 13.5. The molecule has 0 saturated heterocycles. The Bertz CT molecular complexity index is 1080.